The monoisotopic (exact) mass is 434 g/mol. The fraction of sp³-hybridized carbons (Fsp3) is 0.333. The molecule has 2 aromatic heterocycles. The molecule has 0 aliphatic carbocycles. The van der Waals surface area contributed by atoms with Crippen LogP contribution in [0.15, 0.2) is 40.3 Å². The number of aryl methyl sites for hydroxylation is 2. The molecule has 0 N–H and O–H groups in total. The molecule has 0 saturated heterocycles. The number of carbonyl (C=O) groups excluding carboxylic acids is 1. The lowest BCUT2D eigenvalue weighted by atomic mass is 10.1. The first-order valence-corrected chi connectivity index (χ1v) is 10.2. The van der Waals surface area contributed by atoms with E-state index < -0.39 is 12.1 Å². The van der Waals surface area contributed by atoms with Gasteiger partial charge < -0.3 is 18.5 Å². The average Bonchev–Trinajstić information content (AvgIpc) is 3.36. The number of hydrogen-bond acceptors (Lipinski definition) is 7. The Kier molecular flexibility index (Phi) is 7.23. The van der Waals surface area contributed by atoms with E-state index in [-0.39, 0.29) is 11.5 Å². The summed E-state index contributed by atoms with van der Waals surface area (Å²) in [6, 6.07) is 11.5. The van der Waals surface area contributed by atoms with Crippen LogP contribution in [0, 0.1) is 32.1 Å². The minimum absolute atomic E-state index is 0.109. The zero-order chi connectivity index (χ0) is 23.3. The number of methoxy groups -OCH3 is 1. The lowest BCUT2D eigenvalue weighted by Gasteiger charge is -2.09. The van der Waals surface area contributed by atoms with E-state index in [1.54, 1.807) is 14.0 Å². The van der Waals surface area contributed by atoms with Gasteiger partial charge in [-0.1, -0.05) is 17.7 Å². The van der Waals surface area contributed by atoms with Crippen molar-refractivity contribution < 1.29 is 18.7 Å². The normalized spacial score (nSPS) is 12.4. The molecule has 8 heteroatoms. The first kappa shape index (κ1) is 23.0. The van der Waals surface area contributed by atoms with Crippen molar-refractivity contribution >= 4 is 12.0 Å². The van der Waals surface area contributed by atoms with Crippen LogP contribution in [0.5, 0.6) is 0 Å². The Labute approximate surface area is 187 Å². The number of nitrogens with zero attached hydrogens (tertiary/aromatic N) is 4. The van der Waals surface area contributed by atoms with Gasteiger partial charge in [0.15, 0.2) is 6.10 Å². The number of hydrogen-bond donors (Lipinski definition) is 0. The van der Waals surface area contributed by atoms with Crippen LogP contribution in [0.25, 0.3) is 17.5 Å². The van der Waals surface area contributed by atoms with Crippen molar-refractivity contribution in [2.75, 3.05) is 13.7 Å². The maximum absolute atomic E-state index is 12.6. The number of aromatic nitrogens is 3. The molecule has 0 spiro atoms. The highest BCUT2D eigenvalue weighted by Crippen LogP contribution is 2.24. The SMILES string of the molecule is COCCn1c(C)cc(/C=C(\C#N)C(=O)OC(C)c2nnc(-c3ccc(C)cc3)o2)c1C. The molecule has 0 aliphatic heterocycles. The molecule has 3 rings (SSSR count). The van der Waals surface area contributed by atoms with Crippen LogP contribution in [0.4, 0.5) is 0 Å². The second-order valence-corrected chi connectivity index (χ2v) is 7.50. The molecule has 3 aromatic rings. The third-order valence-electron chi connectivity index (χ3n) is 5.14. The fourth-order valence-corrected chi connectivity index (χ4v) is 3.28. The van der Waals surface area contributed by atoms with Gasteiger partial charge in [0.05, 0.1) is 6.61 Å². The molecule has 1 aromatic carbocycles. The van der Waals surface area contributed by atoms with E-state index in [9.17, 15) is 10.1 Å². The largest absolute Gasteiger partial charge is 0.448 e. The van der Waals surface area contributed by atoms with Crippen molar-refractivity contribution in [2.45, 2.75) is 40.3 Å². The van der Waals surface area contributed by atoms with Crippen LogP contribution < -0.4 is 0 Å². The van der Waals surface area contributed by atoms with Gasteiger partial charge >= 0.3 is 5.97 Å². The maximum atomic E-state index is 12.6. The van der Waals surface area contributed by atoms with Gasteiger partial charge in [0.1, 0.15) is 11.6 Å². The second kappa shape index (κ2) is 10.1. The third kappa shape index (κ3) is 5.13. The van der Waals surface area contributed by atoms with Gasteiger partial charge in [0, 0.05) is 30.6 Å². The lowest BCUT2D eigenvalue weighted by molar-refractivity contribution is -0.144. The minimum atomic E-state index is -0.805. The molecular weight excluding hydrogens is 408 g/mol. The summed E-state index contributed by atoms with van der Waals surface area (Å²) >= 11 is 0. The number of esters is 1. The third-order valence-corrected chi connectivity index (χ3v) is 5.14. The van der Waals surface area contributed by atoms with E-state index in [0.29, 0.717) is 19.0 Å². The van der Waals surface area contributed by atoms with E-state index in [2.05, 4.69) is 14.8 Å². The van der Waals surface area contributed by atoms with E-state index in [4.69, 9.17) is 13.9 Å². The smallest absolute Gasteiger partial charge is 0.349 e. The quantitative estimate of drug-likeness (QED) is 0.295. The van der Waals surface area contributed by atoms with E-state index in [1.165, 1.54) is 6.08 Å². The Morgan fingerprint density at radius 1 is 1.25 bits per heavy atom. The zero-order valence-corrected chi connectivity index (χ0v) is 18.9. The Hall–Kier alpha value is -3.70. The molecule has 8 nitrogen and oxygen atoms in total. The fourth-order valence-electron chi connectivity index (χ4n) is 3.28. The van der Waals surface area contributed by atoms with Crippen molar-refractivity contribution in [3.63, 3.8) is 0 Å². The molecule has 0 radical (unpaired) electrons. The predicted octanol–water partition coefficient (Wildman–Crippen LogP) is 4.32. The summed E-state index contributed by atoms with van der Waals surface area (Å²) in [6.07, 6.45) is 0.728. The number of benzene rings is 1. The Balaban J connectivity index is 1.74. The first-order valence-electron chi connectivity index (χ1n) is 10.2. The summed E-state index contributed by atoms with van der Waals surface area (Å²) in [5.74, 6) is -0.261. The highest BCUT2D eigenvalue weighted by Gasteiger charge is 2.22. The van der Waals surface area contributed by atoms with Crippen molar-refractivity contribution in [2.24, 2.45) is 0 Å². The molecule has 0 fully saturated rings. The Morgan fingerprint density at radius 3 is 2.62 bits per heavy atom. The van der Waals surface area contributed by atoms with Crippen molar-refractivity contribution in [3.8, 4) is 17.5 Å². The molecule has 1 atom stereocenters. The van der Waals surface area contributed by atoms with E-state index in [1.807, 2.05) is 57.2 Å². The maximum Gasteiger partial charge on any atom is 0.349 e. The van der Waals surface area contributed by atoms with Gasteiger partial charge in [0.2, 0.25) is 5.89 Å². The highest BCUT2D eigenvalue weighted by atomic mass is 16.6. The van der Waals surface area contributed by atoms with E-state index in [0.717, 1.165) is 28.1 Å². The van der Waals surface area contributed by atoms with Crippen LogP contribution in [0.2, 0.25) is 0 Å². The summed E-state index contributed by atoms with van der Waals surface area (Å²) in [7, 11) is 1.65. The second-order valence-electron chi connectivity index (χ2n) is 7.50. The number of ether oxygens (including phenoxy) is 2. The van der Waals surface area contributed by atoms with Crippen molar-refractivity contribution in [1.29, 1.82) is 5.26 Å². The molecule has 32 heavy (non-hydrogen) atoms. The average molecular weight is 434 g/mol. The lowest BCUT2D eigenvalue weighted by Crippen LogP contribution is -2.11. The zero-order valence-electron chi connectivity index (χ0n) is 18.9. The molecule has 2 heterocycles. The Bertz CT molecular complexity index is 1170. The van der Waals surface area contributed by atoms with Crippen LogP contribution in [-0.4, -0.2) is 34.5 Å². The van der Waals surface area contributed by atoms with Crippen molar-refractivity contribution in [1.82, 2.24) is 14.8 Å². The Morgan fingerprint density at radius 2 is 1.97 bits per heavy atom. The standard InChI is InChI=1S/C24H26N4O4/c1-15-6-8-19(9-7-15)23-27-26-22(32-23)18(4)31-24(29)21(14-25)13-20-12-16(2)28(17(20)3)10-11-30-5/h6-9,12-13,18H,10-11H2,1-5H3/b21-13+. The predicted molar refractivity (Wildman–Crippen MR) is 118 cm³/mol. The van der Waals surface area contributed by atoms with Crippen molar-refractivity contribution in [3.05, 3.63) is 64.3 Å². The highest BCUT2D eigenvalue weighted by molar-refractivity contribution is 5.98. The van der Waals surface area contributed by atoms with Crippen LogP contribution in [0.3, 0.4) is 0 Å². The molecule has 0 bridgehead atoms. The number of carbonyl (C=O) groups is 1. The summed E-state index contributed by atoms with van der Waals surface area (Å²) < 4.78 is 18.3. The molecule has 0 amide bonds. The summed E-state index contributed by atoms with van der Waals surface area (Å²) in [5.41, 5.74) is 4.51. The number of rotatable bonds is 8. The first-order chi connectivity index (χ1) is 15.3. The van der Waals surface area contributed by atoms with Gasteiger partial charge in [-0.2, -0.15) is 5.26 Å². The van der Waals surface area contributed by atoms with Crippen LogP contribution in [0.1, 0.15) is 41.4 Å². The summed E-state index contributed by atoms with van der Waals surface area (Å²) in [4.78, 5) is 12.6. The molecular formula is C24H26N4O4. The van der Waals surface area contributed by atoms with Gasteiger partial charge in [-0.3, -0.25) is 0 Å². The topological polar surface area (TPSA) is 103 Å². The van der Waals surface area contributed by atoms with Crippen LogP contribution >= 0.6 is 0 Å². The van der Waals surface area contributed by atoms with Crippen LogP contribution in [-0.2, 0) is 20.8 Å². The molecule has 0 aliphatic rings. The summed E-state index contributed by atoms with van der Waals surface area (Å²) in [5, 5.41) is 17.5. The molecule has 166 valence electrons. The summed E-state index contributed by atoms with van der Waals surface area (Å²) in [6.45, 7) is 8.76. The van der Waals surface area contributed by atoms with Gasteiger partial charge in [-0.15, -0.1) is 10.2 Å². The van der Waals surface area contributed by atoms with Gasteiger partial charge in [-0.05, 0) is 57.5 Å². The minimum Gasteiger partial charge on any atom is -0.448 e. The van der Waals surface area contributed by atoms with Gasteiger partial charge in [0.25, 0.3) is 5.89 Å². The number of nitriles is 1. The van der Waals surface area contributed by atoms with E-state index >= 15 is 0 Å². The van der Waals surface area contributed by atoms with Gasteiger partial charge in [-0.25, -0.2) is 4.79 Å². The molecule has 1 unspecified atom stereocenters. The molecule has 0 saturated carbocycles.